The lowest BCUT2D eigenvalue weighted by atomic mass is 9.64. The molecule has 6 unspecified atom stereocenters. The molecule has 6 atom stereocenters. The van der Waals surface area contributed by atoms with Crippen molar-refractivity contribution in [2.75, 3.05) is 0 Å². The fourth-order valence-electron chi connectivity index (χ4n) is 5.24. The molecule has 0 aromatic heterocycles. The maximum atomic E-state index is 14.4. The normalized spacial score (nSPS) is 53.6. The van der Waals surface area contributed by atoms with Crippen molar-refractivity contribution in [3.05, 3.63) is 11.6 Å². The third-order valence-electron chi connectivity index (χ3n) is 5.81. The van der Waals surface area contributed by atoms with Gasteiger partial charge in [-0.05, 0) is 37.0 Å². The van der Waals surface area contributed by atoms with E-state index in [-0.39, 0.29) is 12.3 Å². The van der Waals surface area contributed by atoms with E-state index in [1.54, 1.807) is 0 Å². The van der Waals surface area contributed by atoms with Gasteiger partial charge in [-0.25, -0.2) is 13.2 Å². The first-order valence-corrected chi connectivity index (χ1v) is 6.53. The molecule has 0 aromatic carbocycles. The zero-order valence-corrected chi connectivity index (χ0v) is 9.85. The Morgan fingerprint density at radius 2 is 1.79 bits per heavy atom. The molecule has 0 aromatic rings. The summed E-state index contributed by atoms with van der Waals surface area (Å²) >= 11 is 0. The van der Waals surface area contributed by atoms with Crippen LogP contribution in [0.4, 0.5) is 26.3 Å². The summed E-state index contributed by atoms with van der Waals surface area (Å²) in [6.45, 7) is 0. The highest BCUT2D eigenvalue weighted by Gasteiger charge is 2.86. The third kappa shape index (κ3) is 1.05. The molecule has 4 rings (SSSR count). The van der Waals surface area contributed by atoms with Crippen LogP contribution in [0.25, 0.3) is 0 Å². The van der Waals surface area contributed by atoms with E-state index in [9.17, 15) is 26.3 Å². The number of alkyl halides is 6. The lowest BCUT2D eigenvalue weighted by Crippen LogP contribution is -2.63. The Morgan fingerprint density at radius 1 is 1.11 bits per heavy atom. The van der Waals surface area contributed by atoms with E-state index < -0.39 is 41.4 Å². The van der Waals surface area contributed by atoms with Crippen molar-refractivity contribution in [1.29, 1.82) is 0 Å². The SMILES string of the molecule is FC(F)(F)C1(F)C2CC(C3C4=CC(CC4)C32)C1(F)F. The fourth-order valence-corrected chi connectivity index (χ4v) is 5.24. The Balaban J connectivity index is 1.83. The summed E-state index contributed by atoms with van der Waals surface area (Å²) in [5, 5.41) is 0. The quantitative estimate of drug-likeness (QED) is 0.463. The molecule has 4 aliphatic rings. The van der Waals surface area contributed by atoms with Crippen LogP contribution >= 0.6 is 0 Å². The summed E-state index contributed by atoms with van der Waals surface area (Å²) in [6.07, 6.45) is -2.61. The average molecular weight is 282 g/mol. The van der Waals surface area contributed by atoms with E-state index in [1.165, 1.54) is 0 Å². The van der Waals surface area contributed by atoms with E-state index in [4.69, 9.17) is 0 Å². The molecule has 4 aliphatic carbocycles. The van der Waals surface area contributed by atoms with Crippen LogP contribution in [0.2, 0.25) is 0 Å². The summed E-state index contributed by atoms with van der Waals surface area (Å²) in [4.78, 5) is 0. The minimum absolute atomic E-state index is 0.122. The van der Waals surface area contributed by atoms with Gasteiger partial charge < -0.3 is 0 Å². The van der Waals surface area contributed by atoms with Crippen LogP contribution in [0, 0.1) is 29.6 Å². The minimum Gasteiger partial charge on any atom is -0.227 e. The molecule has 0 saturated heterocycles. The molecule has 106 valence electrons. The summed E-state index contributed by atoms with van der Waals surface area (Å²) in [6, 6.07) is 0. The Labute approximate surface area is 105 Å². The lowest BCUT2D eigenvalue weighted by Gasteiger charge is -2.46. The smallest absolute Gasteiger partial charge is 0.227 e. The highest BCUT2D eigenvalue weighted by molar-refractivity contribution is 5.35. The van der Waals surface area contributed by atoms with Gasteiger partial charge in [0.15, 0.2) is 0 Å². The molecule has 19 heavy (non-hydrogen) atoms. The van der Waals surface area contributed by atoms with E-state index in [1.807, 2.05) is 6.08 Å². The molecule has 0 aliphatic heterocycles. The molecule has 2 saturated carbocycles. The van der Waals surface area contributed by atoms with Gasteiger partial charge in [0, 0.05) is 11.8 Å². The first-order chi connectivity index (χ1) is 8.69. The van der Waals surface area contributed by atoms with Gasteiger partial charge in [0.1, 0.15) is 0 Å². The number of hydrogen-bond donors (Lipinski definition) is 0. The molecule has 0 spiro atoms. The van der Waals surface area contributed by atoms with Crippen LogP contribution in [0.5, 0.6) is 0 Å². The number of fused-ring (bicyclic) bond motifs is 8. The number of allylic oxidation sites excluding steroid dienone is 2. The molecular weight excluding hydrogens is 270 g/mol. The highest BCUT2D eigenvalue weighted by Crippen LogP contribution is 2.75. The molecule has 6 heteroatoms. The van der Waals surface area contributed by atoms with Gasteiger partial charge in [0.05, 0.1) is 0 Å². The number of hydrogen-bond acceptors (Lipinski definition) is 0. The van der Waals surface area contributed by atoms with Crippen molar-refractivity contribution < 1.29 is 26.3 Å². The molecule has 2 fully saturated rings. The van der Waals surface area contributed by atoms with Gasteiger partial charge in [-0.3, -0.25) is 0 Å². The fraction of sp³-hybridized carbons (Fsp3) is 0.846. The maximum absolute atomic E-state index is 14.4. The minimum atomic E-state index is -5.49. The second-order valence-corrected chi connectivity index (χ2v) is 6.33. The van der Waals surface area contributed by atoms with Crippen LogP contribution in [-0.4, -0.2) is 17.8 Å². The van der Waals surface area contributed by atoms with Gasteiger partial charge in [-0.2, -0.15) is 13.2 Å². The second-order valence-electron chi connectivity index (χ2n) is 6.33. The Morgan fingerprint density at radius 3 is 2.42 bits per heavy atom. The zero-order chi connectivity index (χ0) is 13.8. The van der Waals surface area contributed by atoms with Crippen molar-refractivity contribution >= 4 is 0 Å². The summed E-state index contributed by atoms with van der Waals surface area (Å²) < 4.78 is 81.2. The van der Waals surface area contributed by atoms with Crippen molar-refractivity contribution in [2.24, 2.45) is 29.6 Å². The zero-order valence-electron chi connectivity index (χ0n) is 9.85. The monoisotopic (exact) mass is 282 g/mol. The molecule has 0 nitrogen and oxygen atoms in total. The maximum Gasteiger partial charge on any atom is 0.428 e. The standard InChI is InChI=1S/C13H12F6/c14-11(13(17,18)19)7-4-8(12(11,15)16)10-6-2-1-5(3-6)9(7)10/h3,5,7-10H,1-2,4H2. The van der Waals surface area contributed by atoms with Gasteiger partial charge in [-0.1, -0.05) is 11.6 Å². The van der Waals surface area contributed by atoms with Gasteiger partial charge >= 0.3 is 6.18 Å². The third-order valence-corrected chi connectivity index (χ3v) is 5.81. The molecular formula is C13H12F6. The van der Waals surface area contributed by atoms with E-state index in [2.05, 4.69) is 0 Å². The Bertz CT molecular complexity index is 478. The first-order valence-electron chi connectivity index (χ1n) is 6.53. The predicted molar refractivity (Wildman–Crippen MR) is 54.2 cm³/mol. The van der Waals surface area contributed by atoms with E-state index >= 15 is 0 Å². The topological polar surface area (TPSA) is 0 Å². The van der Waals surface area contributed by atoms with Crippen LogP contribution < -0.4 is 0 Å². The molecule has 4 bridgehead atoms. The summed E-state index contributed by atoms with van der Waals surface area (Å²) in [5.74, 6) is -8.52. The van der Waals surface area contributed by atoms with Crippen molar-refractivity contribution in [1.82, 2.24) is 0 Å². The van der Waals surface area contributed by atoms with Crippen LogP contribution in [0.1, 0.15) is 19.3 Å². The van der Waals surface area contributed by atoms with Crippen LogP contribution in [0.3, 0.4) is 0 Å². The number of rotatable bonds is 0. The summed E-state index contributed by atoms with van der Waals surface area (Å²) in [7, 11) is 0. The second kappa shape index (κ2) is 2.98. The Hall–Kier alpha value is -0.680. The van der Waals surface area contributed by atoms with Crippen molar-refractivity contribution in [2.45, 2.75) is 37.0 Å². The first kappa shape index (κ1) is 12.1. The molecule has 0 heterocycles. The largest absolute Gasteiger partial charge is 0.428 e. The van der Waals surface area contributed by atoms with Crippen molar-refractivity contribution in [3.8, 4) is 0 Å². The van der Waals surface area contributed by atoms with Gasteiger partial charge in [0.2, 0.25) is 0 Å². The molecule has 0 radical (unpaired) electrons. The van der Waals surface area contributed by atoms with Crippen LogP contribution in [-0.2, 0) is 0 Å². The van der Waals surface area contributed by atoms with E-state index in [0.717, 1.165) is 5.57 Å². The van der Waals surface area contributed by atoms with Gasteiger partial charge in [-0.15, -0.1) is 0 Å². The lowest BCUT2D eigenvalue weighted by molar-refractivity contribution is -0.328. The number of halogens is 6. The summed E-state index contributed by atoms with van der Waals surface area (Å²) in [5.41, 5.74) is -3.48. The van der Waals surface area contributed by atoms with Crippen molar-refractivity contribution in [3.63, 3.8) is 0 Å². The highest BCUT2D eigenvalue weighted by atomic mass is 19.4. The average Bonchev–Trinajstić information content (AvgIpc) is 2.98. The molecule has 0 N–H and O–H groups in total. The van der Waals surface area contributed by atoms with Crippen LogP contribution in [0.15, 0.2) is 11.6 Å². The molecule has 0 amide bonds. The van der Waals surface area contributed by atoms with Gasteiger partial charge in [0.25, 0.3) is 11.6 Å². The Kier molecular flexibility index (Phi) is 1.90. The van der Waals surface area contributed by atoms with E-state index in [0.29, 0.717) is 12.8 Å². The predicted octanol–water partition coefficient (Wildman–Crippen LogP) is 4.12.